The summed E-state index contributed by atoms with van der Waals surface area (Å²) in [7, 11) is 0. The smallest absolute Gasteiger partial charge is 0.251 e. The molecule has 1 aromatic carbocycles. The number of carbonyl (C=O) groups is 2. The Morgan fingerprint density at radius 3 is 2.33 bits per heavy atom. The van der Waals surface area contributed by atoms with Gasteiger partial charge in [0.2, 0.25) is 5.91 Å². The Morgan fingerprint density at radius 2 is 1.67 bits per heavy atom. The maximum atomic E-state index is 12.3. The SMILES string of the molecule is O=C(NCC(=O)N1CCN(c2ccccn2)CC1)c1ccccc1. The van der Waals surface area contributed by atoms with Crippen molar-refractivity contribution in [3.8, 4) is 0 Å². The molecule has 0 unspecified atom stereocenters. The van der Waals surface area contributed by atoms with Crippen molar-refractivity contribution in [2.45, 2.75) is 0 Å². The first-order chi connectivity index (χ1) is 11.7. The number of amides is 2. The number of benzene rings is 1. The number of hydrogen-bond acceptors (Lipinski definition) is 4. The third-order valence-electron chi connectivity index (χ3n) is 4.04. The van der Waals surface area contributed by atoms with E-state index in [4.69, 9.17) is 0 Å². The van der Waals surface area contributed by atoms with Crippen molar-refractivity contribution >= 4 is 17.6 Å². The Kier molecular flexibility index (Phi) is 5.05. The largest absolute Gasteiger partial charge is 0.353 e. The van der Waals surface area contributed by atoms with Crippen molar-refractivity contribution in [3.63, 3.8) is 0 Å². The van der Waals surface area contributed by atoms with Crippen molar-refractivity contribution in [2.75, 3.05) is 37.6 Å². The molecular weight excluding hydrogens is 304 g/mol. The molecule has 0 bridgehead atoms. The number of nitrogens with zero attached hydrogens (tertiary/aromatic N) is 3. The molecule has 1 aromatic heterocycles. The van der Waals surface area contributed by atoms with Gasteiger partial charge in [-0.15, -0.1) is 0 Å². The summed E-state index contributed by atoms with van der Waals surface area (Å²) >= 11 is 0. The fourth-order valence-electron chi connectivity index (χ4n) is 2.69. The number of anilines is 1. The molecule has 3 rings (SSSR count). The van der Waals surface area contributed by atoms with Gasteiger partial charge in [-0.2, -0.15) is 0 Å². The Bertz CT molecular complexity index is 683. The van der Waals surface area contributed by atoms with Crippen molar-refractivity contribution < 1.29 is 9.59 Å². The van der Waals surface area contributed by atoms with Crippen LogP contribution in [0.3, 0.4) is 0 Å². The molecule has 0 atom stereocenters. The van der Waals surface area contributed by atoms with Crippen LogP contribution in [0.5, 0.6) is 0 Å². The van der Waals surface area contributed by atoms with Crippen LogP contribution in [0.1, 0.15) is 10.4 Å². The van der Waals surface area contributed by atoms with Crippen LogP contribution in [-0.2, 0) is 4.79 Å². The maximum Gasteiger partial charge on any atom is 0.251 e. The maximum absolute atomic E-state index is 12.3. The van der Waals surface area contributed by atoms with Gasteiger partial charge in [0.05, 0.1) is 6.54 Å². The van der Waals surface area contributed by atoms with Crippen LogP contribution in [-0.4, -0.2) is 54.4 Å². The molecule has 6 heteroatoms. The van der Waals surface area contributed by atoms with E-state index < -0.39 is 0 Å². The van der Waals surface area contributed by atoms with Crippen LogP contribution in [0.2, 0.25) is 0 Å². The van der Waals surface area contributed by atoms with Gasteiger partial charge >= 0.3 is 0 Å². The zero-order valence-electron chi connectivity index (χ0n) is 13.4. The Hall–Kier alpha value is -2.89. The number of carbonyl (C=O) groups excluding carboxylic acids is 2. The molecule has 24 heavy (non-hydrogen) atoms. The first-order valence-corrected chi connectivity index (χ1v) is 8.01. The van der Waals surface area contributed by atoms with E-state index in [1.165, 1.54) is 0 Å². The lowest BCUT2D eigenvalue weighted by Gasteiger charge is -2.35. The first kappa shape index (κ1) is 16.0. The molecule has 2 amide bonds. The monoisotopic (exact) mass is 324 g/mol. The molecule has 6 nitrogen and oxygen atoms in total. The fraction of sp³-hybridized carbons (Fsp3) is 0.278. The highest BCUT2D eigenvalue weighted by Crippen LogP contribution is 2.12. The molecule has 0 saturated carbocycles. The fourth-order valence-corrected chi connectivity index (χ4v) is 2.69. The highest BCUT2D eigenvalue weighted by Gasteiger charge is 2.22. The molecule has 1 N–H and O–H groups in total. The normalized spacial score (nSPS) is 14.3. The minimum absolute atomic E-state index is 0.0251. The molecular formula is C18H20N4O2. The van der Waals surface area contributed by atoms with E-state index >= 15 is 0 Å². The third kappa shape index (κ3) is 3.90. The zero-order chi connectivity index (χ0) is 16.8. The van der Waals surface area contributed by atoms with E-state index in [9.17, 15) is 9.59 Å². The van der Waals surface area contributed by atoms with E-state index in [1.54, 1.807) is 35.4 Å². The van der Waals surface area contributed by atoms with Crippen molar-refractivity contribution in [1.29, 1.82) is 0 Å². The molecule has 1 aliphatic rings. The summed E-state index contributed by atoms with van der Waals surface area (Å²) in [5.74, 6) is 0.651. The van der Waals surface area contributed by atoms with E-state index in [0.717, 1.165) is 18.9 Å². The number of rotatable bonds is 4. The molecule has 2 aromatic rings. The van der Waals surface area contributed by atoms with Crippen molar-refractivity contribution in [2.24, 2.45) is 0 Å². The minimum atomic E-state index is -0.226. The lowest BCUT2D eigenvalue weighted by Crippen LogP contribution is -2.51. The van der Waals surface area contributed by atoms with Gasteiger partial charge in [0.15, 0.2) is 0 Å². The lowest BCUT2D eigenvalue weighted by molar-refractivity contribution is -0.130. The summed E-state index contributed by atoms with van der Waals surface area (Å²) in [5.41, 5.74) is 0.560. The minimum Gasteiger partial charge on any atom is -0.353 e. The molecule has 1 saturated heterocycles. The molecule has 124 valence electrons. The summed E-state index contributed by atoms with van der Waals surface area (Å²) < 4.78 is 0. The number of hydrogen-bond donors (Lipinski definition) is 1. The standard InChI is InChI=1S/C18H20N4O2/c23-17(14-20-18(24)15-6-2-1-3-7-15)22-12-10-21(11-13-22)16-8-4-5-9-19-16/h1-9H,10-14H2,(H,20,24). The van der Waals surface area contributed by atoms with E-state index in [-0.39, 0.29) is 18.4 Å². The number of pyridine rings is 1. The Morgan fingerprint density at radius 1 is 0.958 bits per heavy atom. The lowest BCUT2D eigenvalue weighted by atomic mass is 10.2. The number of nitrogens with one attached hydrogen (secondary N) is 1. The summed E-state index contributed by atoms with van der Waals surface area (Å²) in [4.78, 5) is 32.5. The van der Waals surface area contributed by atoms with Crippen LogP contribution in [0.25, 0.3) is 0 Å². The summed E-state index contributed by atoms with van der Waals surface area (Å²) in [5, 5.41) is 2.68. The predicted octanol–water partition coefficient (Wildman–Crippen LogP) is 1.16. The van der Waals surface area contributed by atoms with Crippen molar-refractivity contribution in [1.82, 2.24) is 15.2 Å². The third-order valence-corrected chi connectivity index (χ3v) is 4.04. The van der Waals surface area contributed by atoms with Gasteiger partial charge in [0.1, 0.15) is 5.82 Å². The highest BCUT2D eigenvalue weighted by atomic mass is 16.2. The van der Waals surface area contributed by atoms with Crippen LogP contribution in [0.15, 0.2) is 54.7 Å². The second-order valence-corrected chi connectivity index (χ2v) is 5.60. The van der Waals surface area contributed by atoms with Gasteiger partial charge in [-0.1, -0.05) is 24.3 Å². The van der Waals surface area contributed by atoms with Gasteiger partial charge in [-0.05, 0) is 24.3 Å². The van der Waals surface area contributed by atoms with Gasteiger partial charge in [0.25, 0.3) is 5.91 Å². The van der Waals surface area contributed by atoms with Gasteiger partial charge in [-0.25, -0.2) is 4.98 Å². The predicted molar refractivity (Wildman–Crippen MR) is 91.8 cm³/mol. The van der Waals surface area contributed by atoms with E-state index in [2.05, 4.69) is 15.2 Å². The quantitative estimate of drug-likeness (QED) is 0.916. The molecule has 0 spiro atoms. The Balaban J connectivity index is 1.46. The van der Waals surface area contributed by atoms with Crippen LogP contribution in [0.4, 0.5) is 5.82 Å². The topological polar surface area (TPSA) is 65.5 Å². The van der Waals surface area contributed by atoms with Gasteiger partial charge < -0.3 is 15.1 Å². The summed E-state index contributed by atoms with van der Waals surface area (Å²) in [6, 6.07) is 14.7. The molecule has 1 aliphatic heterocycles. The first-order valence-electron chi connectivity index (χ1n) is 8.01. The summed E-state index contributed by atoms with van der Waals surface area (Å²) in [6.45, 7) is 2.79. The highest BCUT2D eigenvalue weighted by molar-refractivity contribution is 5.96. The van der Waals surface area contributed by atoms with E-state index in [0.29, 0.717) is 18.7 Å². The average molecular weight is 324 g/mol. The van der Waals surface area contributed by atoms with Crippen LogP contribution < -0.4 is 10.2 Å². The van der Waals surface area contributed by atoms with E-state index in [1.807, 2.05) is 24.3 Å². The second kappa shape index (κ2) is 7.59. The number of piperazine rings is 1. The summed E-state index contributed by atoms with van der Waals surface area (Å²) in [6.07, 6.45) is 1.77. The van der Waals surface area contributed by atoms with Gasteiger partial charge in [0, 0.05) is 37.9 Å². The Labute approximate surface area is 141 Å². The number of aromatic nitrogens is 1. The molecule has 0 aliphatic carbocycles. The molecule has 1 fully saturated rings. The molecule has 0 radical (unpaired) electrons. The van der Waals surface area contributed by atoms with Crippen LogP contribution >= 0.6 is 0 Å². The van der Waals surface area contributed by atoms with Crippen molar-refractivity contribution in [3.05, 3.63) is 60.3 Å². The van der Waals surface area contributed by atoms with Crippen LogP contribution in [0, 0.1) is 0 Å². The second-order valence-electron chi connectivity index (χ2n) is 5.60. The van der Waals surface area contributed by atoms with Gasteiger partial charge in [-0.3, -0.25) is 9.59 Å². The molecule has 2 heterocycles. The zero-order valence-corrected chi connectivity index (χ0v) is 13.4. The average Bonchev–Trinajstić information content (AvgIpc) is 2.67.